The summed E-state index contributed by atoms with van der Waals surface area (Å²) in [7, 11) is 0. The van der Waals surface area contributed by atoms with Gasteiger partial charge in [-0.05, 0) is 66.1 Å². The van der Waals surface area contributed by atoms with E-state index in [0.29, 0.717) is 0 Å². The molecule has 3 aromatic carbocycles. The minimum Gasteiger partial charge on any atom is -0.455 e. The van der Waals surface area contributed by atoms with Crippen LogP contribution in [0.3, 0.4) is 0 Å². The van der Waals surface area contributed by atoms with Gasteiger partial charge in [-0.25, -0.2) is 0 Å². The van der Waals surface area contributed by atoms with Crippen molar-refractivity contribution >= 4 is 32.7 Å². The summed E-state index contributed by atoms with van der Waals surface area (Å²) in [5.74, 6) is 0. The number of fused-ring (bicyclic) bond motifs is 4. The smallest absolute Gasteiger partial charge is 0.144 e. The number of nitrogens with zero attached hydrogens (tertiary/aromatic N) is 1. The molecule has 2 heteroatoms. The number of aryl methyl sites for hydroxylation is 2. The first-order chi connectivity index (χ1) is 12.2. The summed E-state index contributed by atoms with van der Waals surface area (Å²) in [6.45, 7) is 4.31. The van der Waals surface area contributed by atoms with Crippen LogP contribution in [0.2, 0.25) is 0 Å². The number of benzene rings is 3. The van der Waals surface area contributed by atoms with Crippen LogP contribution >= 0.6 is 0 Å². The van der Waals surface area contributed by atoms with E-state index in [1.165, 1.54) is 21.9 Å². The maximum absolute atomic E-state index is 6.28. The highest BCUT2D eigenvalue weighted by molar-refractivity contribution is 6.13. The van der Waals surface area contributed by atoms with E-state index in [0.717, 1.165) is 33.2 Å². The van der Waals surface area contributed by atoms with Crippen LogP contribution in [-0.2, 0) is 0 Å². The second kappa shape index (κ2) is 5.18. The lowest BCUT2D eigenvalue weighted by atomic mass is 10.00. The third kappa shape index (κ3) is 2.14. The third-order valence-electron chi connectivity index (χ3n) is 5.01. The van der Waals surface area contributed by atoms with Crippen LogP contribution < -0.4 is 0 Å². The quantitative estimate of drug-likeness (QED) is 0.356. The van der Waals surface area contributed by atoms with E-state index < -0.39 is 0 Å². The van der Waals surface area contributed by atoms with E-state index in [2.05, 4.69) is 61.3 Å². The summed E-state index contributed by atoms with van der Waals surface area (Å²) in [6, 6.07) is 21.1. The van der Waals surface area contributed by atoms with E-state index in [1.54, 1.807) is 0 Å². The van der Waals surface area contributed by atoms with Gasteiger partial charge in [0.25, 0.3) is 0 Å². The van der Waals surface area contributed by atoms with E-state index in [4.69, 9.17) is 4.42 Å². The Bertz CT molecular complexity index is 1250. The SMILES string of the molecule is Cc1cc2cc3oc4c(-c5ccccn5)cccc4c3cc2cc1C. The lowest BCUT2D eigenvalue weighted by molar-refractivity contribution is 0.670. The number of hydrogen-bond acceptors (Lipinski definition) is 2. The maximum atomic E-state index is 6.28. The molecule has 0 fully saturated rings. The van der Waals surface area contributed by atoms with Gasteiger partial charge in [-0.1, -0.05) is 30.3 Å². The number of hydrogen-bond donors (Lipinski definition) is 0. The molecule has 25 heavy (non-hydrogen) atoms. The monoisotopic (exact) mass is 323 g/mol. The molecule has 120 valence electrons. The zero-order valence-electron chi connectivity index (χ0n) is 14.2. The molecule has 0 N–H and O–H groups in total. The molecule has 0 saturated heterocycles. The van der Waals surface area contributed by atoms with Crippen LogP contribution in [0, 0.1) is 13.8 Å². The number of para-hydroxylation sites is 1. The van der Waals surface area contributed by atoms with E-state index in [9.17, 15) is 0 Å². The Morgan fingerprint density at radius 2 is 1.56 bits per heavy atom. The van der Waals surface area contributed by atoms with Crippen molar-refractivity contribution in [3.8, 4) is 11.3 Å². The van der Waals surface area contributed by atoms with E-state index >= 15 is 0 Å². The average molecular weight is 323 g/mol. The summed E-state index contributed by atoms with van der Waals surface area (Å²) >= 11 is 0. The van der Waals surface area contributed by atoms with Crippen molar-refractivity contribution < 1.29 is 4.42 Å². The summed E-state index contributed by atoms with van der Waals surface area (Å²) in [4.78, 5) is 4.49. The number of rotatable bonds is 1. The second-order valence-electron chi connectivity index (χ2n) is 6.63. The predicted octanol–water partition coefficient (Wildman–Crippen LogP) is 6.42. The van der Waals surface area contributed by atoms with Crippen molar-refractivity contribution in [2.45, 2.75) is 13.8 Å². The van der Waals surface area contributed by atoms with Crippen molar-refractivity contribution in [1.29, 1.82) is 0 Å². The van der Waals surface area contributed by atoms with Gasteiger partial charge < -0.3 is 4.42 Å². The molecule has 0 saturated carbocycles. The lowest BCUT2D eigenvalue weighted by Gasteiger charge is -2.04. The molecule has 0 radical (unpaired) electrons. The molecule has 2 aromatic heterocycles. The molecule has 5 aromatic rings. The van der Waals surface area contributed by atoms with Crippen LogP contribution in [0.5, 0.6) is 0 Å². The molecule has 0 bridgehead atoms. The fourth-order valence-electron chi connectivity index (χ4n) is 3.54. The number of furan rings is 1. The highest BCUT2D eigenvalue weighted by atomic mass is 16.3. The highest BCUT2D eigenvalue weighted by Gasteiger charge is 2.13. The normalized spacial score (nSPS) is 11.6. The van der Waals surface area contributed by atoms with Gasteiger partial charge in [0.2, 0.25) is 0 Å². The van der Waals surface area contributed by atoms with Gasteiger partial charge in [0, 0.05) is 22.5 Å². The fraction of sp³-hybridized carbons (Fsp3) is 0.0870. The van der Waals surface area contributed by atoms with Gasteiger partial charge in [-0.15, -0.1) is 0 Å². The molecule has 0 unspecified atom stereocenters. The number of aromatic nitrogens is 1. The Morgan fingerprint density at radius 1 is 0.760 bits per heavy atom. The summed E-state index contributed by atoms with van der Waals surface area (Å²) in [5.41, 5.74) is 6.41. The van der Waals surface area contributed by atoms with Gasteiger partial charge in [0.05, 0.1) is 5.69 Å². The zero-order valence-corrected chi connectivity index (χ0v) is 14.2. The Morgan fingerprint density at radius 3 is 2.32 bits per heavy atom. The van der Waals surface area contributed by atoms with Gasteiger partial charge in [-0.2, -0.15) is 0 Å². The molecule has 0 amide bonds. The van der Waals surface area contributed by atoms with Crippen LogP contribution in [0.15, 0.2) is 71.3 Å². The maximum Gasteiger partial charge on any atom is 0.144 e. The minimum atomic E-state index is 0.903. The van der Waals surface area contributed by atoms with Crippen molar-refractivity contribution in [2.75, 3.05) is 0 Å². The molecule has 0 spiro atoms. The van der Waals surface area contributed by atoms with Crippen molar-refractivity contribution in [1.82, 2.24) is 4.98 Å². The molecule has 0 atom stereocenters. The van der Waals surface area contributed by atoms with Gasteiger partial charge in [0.1, 0.15) is 11.2 Å². The molecule has 0 aliphatic heterocycles. The summed E-state index contributed by atoms with van der Waals surface area (Å²) < 4.78 is 6.28. The predicted molar refractivity (Wildman–Crippen MR) is 104 cm³/mol. The van der Waals surface area contributed by atoms with Crippen molar-refractivity contribution in [3.63, 3.8) is 0 Å². The fourth-order valence-corrected chi connectivity index (χ4v) is 3.54. The third-order valence-corrected chi connectivity index (χ3v) is 5.01. The van der Waals surface area contributed by atoms with E-state index in [-0.39, 0.29) is 0 Å². The zero-order chi connectivity index (χ0) is 17.0. The van der Waals surface area contributed by atoms with Crippen LogP contribution in [0.25, 0.3) is 44.0 Å². The topological polar surface area (TPSA) is 26.0 Å². The molecule has 0 aliphatic rings. The Kier molecular flexibility index (Phi) is 2.95. The Balaban J connectivity index is 1.88. The van der Waals surface area contributed by atoms with Crippen LogP contribution in [-0.4, -0.2) is 4.98 Å². The molecule has 2 nitrogen and oxygen atoms in total. The first-order valence-corrected chi connectivity index (χ1v) is 8.48. The van der Waals surface area contributed by atoms with Crippen molar-refractivity contribution in [2.24, 2.45) is 0 Å². The Labute approximate surface area is 145 Å². The van der Waals surface area contributed by atoms with Gasteiger partial charge >= 0.3 is 0 Å². The first-order valence-electron chi connectivity index (χ1n) is 8.48. The Hall–Kier alpha value is -3.13. The first kappa shape index (κ1) is 14.2. The summed E-state index contributed by atoms with van der Waals surface area (Å²) in [5, 5.41) is 4.76. The van der Waals surface area contributed by atoms with E-state index in [1.807, 2.05) is 24.4 Å². The average Bonchev–Trinajstić information content (AvgIpc) is 2.99. The summed E-state index contributed by atoms with van der Waals surface area (Å²) in [6.07, 6.45) is 1.82. The van der Waals surface area contributed by atoms with Crippen molar-refractivity contribution in [3.05, 3.63) is 78.0 Å². The van der Waals surface area contributed by atoms with Gasteiger partial charge in [-0.3, -0.25) is 4.98 Å². The number of pyridine rings is 1. The van der Waals surface area contributed by atoms with Crippen LogP contribution in [0.1, 0.15) is 11.1 Å². The molecular formula is C23H17NO. The molecule has 0 aliphatic carbocycles. The molecular weight excluding hydrogens is 306 g/mol. The standard InChI is InChI=1S/C23H17NO/c1-14-10-16-12-20-18-6-5-7-19(21-8-3-4-9-24-21)23(18)25-22(20)13-17(16)11-15(14)2/h3-13H,1-2H3. The second-order valence-corrected chi connectivity index (χ2v) is 6.63. The van der Waals surface area contributed by atoms with Gasteiger partial charge in [0.15, 0.2) is 0 Å². The lowest BCUT2D eigenvalue weighted by Crippen LogP contribution is -1.82. The highest BCUT2D eigenvalue weighted by Crippen LogP contribution is 2.37. The molecule has 5 rings (SSSR count). The van der Waals surface area contributed by atoms with Crippen LogP contribution in [0.4, 0.5) is 0 Å². The minimum absolute atomic E-state index is 0.903. The molecule has 2 heterocycles. The largest absolute Gasteiger partial charge is 0.455 e.